The summed E-state index contributed by atoms with van der Waals surface area (Å²) in [6, 6.07) is 6.72. The van der Waals surface area contributed by atoms with E-state index >= 15 is 0 Å². The Labute approximate surface area is 147 Å². The van der Waals surface area contributed by atoms with E-state index in [-0.39, 0.29) is 5.75 Å². The predicted octanol–water partition coefficient (Wildman–Crippen LogP) is 6.70. The third-order valence-electron chi connectivity index (χ3n) is 3.61. The lowest BCUT2D eigenvalue weighted by Gasteiger charge is -2.20. The number of benzene rings is 1. The summed E-state index contributed by atoms with van der Waals surface area (Å²) in [5.74, 6) is 1.40. The highest BCUT2D eigenvalue weighted by Crippen LogP contribution is 2.41. The SMILES string of the molecule is C=C(S/C(CC)=C(/OCC)C(C)CC)c1ccccc1OC(F)F. The van der Waals surface area contributed by atoms with E-state index in [4.69, 9.17) is 4.74 Å². The zero-order chi connectivity index (χ0) is 18.1. The molecule has 0 saturated carbocycles. The Kier molecular flexibility index (Phi) is 8.90. The topological polar surface area (TPSA) is 18.5 Å². The molecule has 0 N–H and O–H groups in total. The van der Waals surface area contributed by atoms with Crippen LogP contribution in [0.15, 0.2) is 41.5 Å². The molecule has 0 aliphatic carbocycles. The van der Waals surface area contributed by atoms with Crippen LogP contribution >= 0.6 is 11.8 Å². The second-order valence-corrected chi connectivity index (χ2v) is 6.47. The Bertz CT molecular complexity index is 570. The van der Waals surface area contributed by atoms with Crippen LogP contribution in [0.25, 0.3) is 4.91 Å². The highest BCUT2D eigenvalue weighted by atomic mass is 32.2. The summed E-state index contributed by atoms with van der Waals surface area (Å²) in [5.41, 5.74) is 0.578. The van der Waals surface area contributed by atoms with Crippen molar-refractivity contribution >= 4 is 16.7 Å². The normalized spacial score (nSPS) is 13.5. The van der Waals surface area contributed by atoms with Gasteiger partial charge in [0.05, 0.1) is 6.61 Å². The Morgan fingerprint density at radius 3 is 2.42 bits per heavy atom. The zero-order valence-corrected chi connectivity index (χ0v) is 15.6. The van der Waals surface area contributed by atoms with Gasteiger partial charge in [-0.3, -0.25) is 0 Å². The quantitative estimate of drug-likeness (QED) is 0.435. The van der Waals surface area contributed by atoms with Gasteiger partial charge in [0.2, 0.25) is 0 Å². The largest absolute Gasteiger partial charge is 0.497 e. The van der Waals surface area contributed by atoms with Crippen LogP contribution in [0.4, 0.5) is 8.78 Å². The van der Waals surface area contributed by atoms with Gasteiger partial charge < -0.3 is 9.47 Å². The van der Waals surface area contributed by atoms with Gasteiger partial charge in [-0.15, -0.1) is 0 Å². The molecule has 134 valence electrons. The van der Waals surface area contributed by atoms with Crippen molar-refractivity contribution in [2.75, 3.05) is 6.61 Å². The maximum Gasteiger partial charge on any atom is 0.387 e. The van der Waals surface area contributed by atoms with E-state index in [0.717, 1.165) is 23.5 Å². The van der Waals surface area contributed by atoms with Crippen molar-refractivity contribution in [1.29, 1.82) is 0 Å². The fraction of sp³-hybridized carbons (Fsp3) is 0.474. The van der Waals surface area contributed by atoms with E-state index in [2.05, 4.69) is 32.1 Å². The molecule has 0 spiro atoms. The number of halogens is 2. The van der Waals surface area contributed by atoms with Crippen LogP contribution in [-0.4, -0.2) is 13.2 Å². The van der Waals surface area contributed by atoms with Crippen LogP contribution in [0.3, 0.4) is 0 Å². The fourth-order valence-electron chi connectivity index (χ4n) is 2.23. The first kappa shape index (κ1) is 20.6. The number of ether oxygens (including phenoxy) is 2. The predicted molar refractivity (Wildman–Crippen MR) is 98.1 cm³/mol. The lowest BCUT2D eigenvalue weighted by atomic mass is 10.1. The van der Waals surface area contributed by atoms with E-state index in [1.165, 1.54) is 17.8 Å². The van der Waals surface area contributed by atoms with E-state index in [1.807, 2.05) is 6.92 Å². The van der Waals surface area contributed by atoms with Gasteiger partial charge in [-0.25, -0.2) is 0 Å². The van der Waals surface area contributed by atoms with E-state index in [1.54, 1.807) is 18.2 Å². The van der Waals surface area contributed by atoms with Crippen molar-refractivity contribution in [2.45, 2.75) is 47.1 Å². The zero-order valence-electron chi connectivity index (χ0n) is 14.8. The molecule has 0 aliphatic heterocycles. The van der Waals surface area contributed by atoms with Crippen molar-refractivity contribution in [3.05, 3.63) is 47.1 Å². The molecule has 0 radical (unpaired) electrons. The van der Waals surface area contributed by atoms with Gasteiger partial charge in [0.15, 0.2) is 0 Å². The molecular formula is C19H26F2O2S. The third-order valence-corrected chi connectivity index (χ3v) is 4.81. The van der Waals surface area contributed by atoms with Crippen LogP contribution in [0.5, 0.6) is 5.75 Å². The van der Waals surface area contributed by atoms with Gasteiger partial charge in [0.25, 0.3) is 0 Å². The Hall–Kier alpha value is -1.49. The standard InChI is InChI=1S/C19H26F2O2S/c1-6-13(4)18(22-8-3)17(7-2)24-14(5)15-11-9-10-12-16(15)23-19(20)21/h9-13,19H,5-8H2,1-4H3/b18-17+. The van der Waals surface area contributed by atoms with E-state index in [0.29, 0.717) is 23.0 Å². The van der Waals surface area contributed by atoms with Crippen molar-refractivity contribution in [3.8, 4) is 5.75 Å². The molecule has 1 aromatic rings. The number of hydrogen-bond donors (Lipinski definition) is 0. The summed E-state index contributed by atoms with van der Waals surface area (Å²) >= 11 is 1.47. The summed E-state index contributed by atoms with van der Waals surface area (Å²) < 4.78 is 35.6. The van der Waals surface area contributed by atoms with Gasteiger partial charge in [-0.1, -0.05) is 57.3 Å². The number of hydrogen-bond acceptors (Lipinski definition) is 3. The fourth-order valence-corrected chi connectivity index (χ4v) is 3.32. The molecule has 1 aromatic carbocycles. The van der Waals surface area contributed by atoms with Gasteiger partial charge in [0, 0.05) is 21.3 Å². The van der Waals surface area contributed by atoms with E-state index < -0.39 is 6.61 Å². The van der Waals surface area contributed by atoms with Crippen molar-refractivity contribution in [2.24, 2.45) is 5.92 Å². The molecule has 1 atom stereocenters. The summed E-state index contributed by atoms with van der Waals surface area (Å²) in [7, 11) is 0. The molecule has 0 aromatic heterocycles. The smallest absolute Gasteiger partial charge is 0.387 e. The molecule has 2 nitrogen and oxygen atoms in total. The highest BCUT2D eigenvalue weighted by molar-refractivity contribution is 8.11. The summed E-state index contributed by atoms with van der Waals surface area (Å²) in [6.07, 6.45) is 1.76. The maximum absolute atomic E-state index is 12.6. The molecule has 0 heterocycles. The highest BCUT2D eigenvalue weighted by Gasteiger charge is 2.18. The number of para-hydroxylation sites is 1. The molecular weight excluding hydrogens is 330 g/mol. The summed E-state index contributed by atoms with van der Waals surface area (Å²) in [6.45, 7) is 10.0. The van der Waals surface area contributed by atoms with Crippen LogP contribution in [0, 0.1) is 5.92 Å². The molecule has 0 aliphatic rings. The summed E-state index contributed by atoms with van der Waals surface area (Å²) in [5, 5.41) is 0. The average molecular weight is 356 g/mol. The minimum atomic E-state index is -2.86. The Morgan fingerprint density at radius 1 is 1.21 bits per heavy atom. The molecule has 0 fully saturated rings. The monoisotopic (exact) mass is 356 g/mol. The number of rotatable bonds is 10. The average Bonchev–Trinajstić information content (AvgIpc) is 2.57. The molecule has 1 unspecified atom stereocenters. The van der Waals surface area contributed by atoms with Crippen molar-refractivity contribution in [3.63, 3.8) is 0 Å². The molecule has 0 amide bonds. The van der Waals surface area contributed by atoms with Crippen LogP contribution < -0.4 is 4.74 Å². The first-order valence-electron chi connectivity index (χ1n) is 8.21. The molecule has 1 rings (SSSR count). The summed E-state index contributed by atoms with van der Waals surface area (Å²) in [4.78, 5) is 1.74. The van der Waals surface area contributed by atoms with Gasteiger partial charge >= 0.3 is 6.61 Å². The van der Waals surface area contributed by atoms with Crippen LogP contribution in [-0.2, 0) is 4.74 Å². The Balaban J connectivity index is 3.10. The van der Waals surface area contributed by atoms with Gasteiger partial charge in [0.1, 0.15) is 11.5 Å². The van der Waals surface area contributed by atoms with Crippen LogP contribution in [0.1, 0.15) is 46.1 Å². The second-order valence-electron chi connectivity index (χ2n) is 5.28. The van der Waals surface area contributed by atoms with E-state index in [9.17, 15) is 8.78 Å². The number of allylic oxidation sites excluding steroid dienone is 2. The molecule has 0 bridgehead atoms. The minimum absolute atomic E-state index is 0.141. The second kappa shape index (κ2) is 10.4. The minimum Gasteiger partial charge on any atom is -0.497 e. The number of thioether (sulfide) groups is 1. The lowest BCUT2D eigenvalue weighted by Crippen LogP contribution is -2.06. The molecule has 5 heteroatoms. The van der Waals surface area contributed by atoms with Crippen molar-refractivity contribution < 1.29 is 18.3 Å². The molecule has 24 heavy (non-hydrogen) atoms. The van der Waals surface area contributed by atoms with Crippen LogP contribution in [0.2, 0.25) is 0 Å². The maximum atomic E-state index is 12.6. The van der Waals surface area contributed by atoms with Gasteiger partial charge in [-0.2, -0.15) is 8.78 Å². The van der Waals surface area contributed by atoms with Crippen molar-refractivity contribution in [1.82, 2.24) is 0 Å². The third kappa shape index (κ3) is 5.86. The first-order valence-corrected chi connectivity index (χ1v) is 9.02. The first-order chi connectivity index (χ1) is 11.4. The Morgan fingerprint density at radius 2 is 1.88 bits per heavy atom. The number of alkyl halides is 2. The molecule has 0 saturated heterocycles. The lowest BCUT2D eigenvalue weighted by molar-refractivity contribution is -0.0499. The van der Waals surface area contributed by atoms with Gasteiger partial charge in [-0.05, 0) is 25.8 Å².